The fourth-order valence-corrected chi connectivity index (χ4v) is 3.33. The molecule has 8 nitrogen and oxygen atoms in total. The van der Waals surface area contributed by atoms with Crippen molar-refractivity contribution in [1.82, 2.24) is 14.8 Å². The summed E-state index contributed by atoms with van der Waals surface area (Å²) >= 11 is 0. The lowest BCUT2D eigenvalue weighted by atomic mass is 10.0. The average Bonchev–Trinajstić information content (AvgIpc) is 3.05. The maximum absolute atomic E-state index is 12.0. The topological polar surface area (TPSA) is 106 Å². The van der Waals surface area contributed by atoms with E-state index in [0.717, 1.165) is 17.3 Å². The minimum atomic E-state index is -0.923. The monoisotopic (exact) mass is 372 g/mol. The predicted molar refractivity (Wildman–Crippen MR) is 101 cm³/mol. The van der Waals surface area contributed by atoms with Crippen molar-refractivity contribution in [2.45, 2.75) is 19.9 Å². The minimum absolute atomic E-state index is 0.0717. The smallest absolute Gasteiger partial charge is 0.325 e. The van der Waals surface area contributed by atoms with Gasteiger partial charge in [0, 0.05) is 60.4 Å². The van der Waals surface area contributed by atoms with Gasteiger partial charge in [0.15, 0.2) is 0 Å². The molecule has 0 spiro atoms. The molecule has 0 unspecified atom stereocenters. The molecule has 1 aromatic heterocycles. The van der Waals surface area contributed by atoms with Crippen LogP contribution in [0.1, 0.15) is 25.5 Å². The van der Waals surface area contributed by atoms with Gasteiger partial charge in [-0.05, 0) is 12.1 Å². The number of carboxylic acid groups (broad SMARTS) is 1. The maximum atomic E-state index is 12.0. The molecule has 0 aliphatic carbocycles. The van der Waals surface area contributed by atoms with Crippen molar-refractivity contribution >= 4 is 34.9 Å². The average molecular weight is 372 g/mol. The molecule has 3 rings (SSSR count). The number of hydrogen-bond acceptors (Lipinski definition) is 4. The van der Waals surface area contributed by atoms with E-state index in [1.54, 1.807) is 17.2 Å². The summed E-state index contributed by atoms with van der Waals surface area (Å²) in [7, 11) is 0. The highest BCUT2D eigenvalue weighted by atomic mass is 16.4. The van der Waals surface area contributed by atoms with Crippen molar-refractivity contribution < 1.29 is 19.5 Å². The van der Waals surface area contributed by atoms with Gasteiger partial charge in [-0.2, -0.15) is 0 Å². The Bertz CT molecular complexity index is 853. The van der Waals surface area contributed by atoms with E-state index in [9.17, 15) is 19.5 Å². The number of aromatic nitrogens is 1. The molecular formula is C19H24N4O4. The number of H-pyrrole nitrogens is 1. The molecule has 0 radical (unpaired) electrons. The van der Waals surface area contributed by atoms with Crippen molar-refractivity contribution in [3.05, 3.63) is 30.0 Å². The number of fused-ring (bicyclic) bond motifs is 1. The summed E-state index contributed by atoms with van der Waals surface area (Å²) in [6.07, 6.45) is 2.51. The van der Waals surface area contributed by atoms with Gasteiger partial charge in [0.2, 0.25) is 12.3 Å². The first-order valence-corrected chi connectivity index (χ1v) is 8.98. The zero-order valence-electron chi connectivity index (χ0n) is 15.4. The molecule has 1 aromatic carbocycles. The van der Waals surface area contributed by atoms with Crippen LogP contribution >= 0.6 is 0 Å². The number of rotatable bonds is 6. The van der Waals surface area contributed by atoms with Gasteiger partial charge in [0.05, 0.1) is 0 Å². The van der Waals surface area contributed by atoms with Crippen LogP contribution in [0.5, 0.6) is 0 Å². The zero-order chi connectivity index (χ0) is 19.6. The van der Waals surface area contributed by atoms with Crippen molar-refractivity contribution in [1.29, 1.82) is 0 Å². The molecular weight excluding hydrogens is 348 g/mol. The Morgan fingerprint density at radius 2 is 1.93 bits per heavy atom. The summed E-state index contributed by atoms with van der Waals surface area (Å²) in [5.74, 6) is -1.12. The number of benzene rings is 1. The number of aliphatic carboxylic acids is 1. The van der Waals surface area contributed by atoms with Crippen LogP contribution in [-0.2, 0) is 14.4 Å². The van der Waals surface area contributed by atoms with E-state index in [1.165, 1.54) is 0 Å². The summed E-state index contributed by atoms with van der Waals surface area (Å²) in [6, 6.07) is 4.63. The largest absolute Gasteiger partial charge is 0.480 e. The first-order chi connectivity index (χ1) is 12.9. The zero-order valence-corrected chi connectivity index (χ0v) is 15.4. The summed E-state index contributed by atoms with van der Waals surface area (Å²) in [5, 5.41) is 13.5. The first kappa shape index (κ1) is 18.9. The number of nitrogens with one attached hydrogen (secondary N) is 2. The second kappa shape index (κ2) is 7.79. The van der Waals surface area contributed by atoms with Crippen molar-refractivity contribution in [3.8, 4) is 0 Å². The summed E-state index contributed by atoms with van der Waals surface area (Å²) in [5.41, 5.74) is 2.11. The normalized spacial score (nSPS) is 16.5. The van der Waals surface area contributed by atoms with E-state index < -0.39 is 12.0 Å². The molecule has 1 aliphatic rings. The lowest BCUT2D eigenvalue weighted by molar-refractivity contribution is -0.144. The molecule has 2 aromatic rings. The van der Waals surface area contributed by atoms with Crippen LogP contribution in [0.15, 0.2) is 24.4 Å². The Morgan fingerprint density at radius 1 is 1.22 bits per heavy atom. The number of anilines is 1. The molecule has 2 heterocycles. The van der Waals surface area contributed by atoms with Gasteiger partial charge in [-0.3, -0.25) is 19.3 Å². The van der Waals surface area contributed by atoms with Crippen LogP contribution in [0.2, 0.25) is 0 Å². The highest BCUT2D eigenvalue weighted by Gasteiger charge is 2.31. The Hall–Kier alpha value is -2.87. The number of carboxylic acids is 1. The maximum Gasteiger partial charge on any atom is 0.325 e. The van der Waals surface area contributed by atoms with E-state index in [2.05, 4.69) is 10.3 Å². The molecule has 27 heavy (non-hydrogen) atoms. The summed E-state index contributed by atoms with van der Waals surface area (Å²) in [4.78, 5) is 41.4. The van der Waals surface area contributed by atoms with Crippen LogP contribution in [0, 0.1) is 5.92 Å². The van der Waals surface area contributed by atoms with Crippen LogP contribution in [0.3, 0.4) is 0 Å². The highest BCUT2D eigenvalue weighted by Crippen LogP contribution is 2.31. The molecule has 3 N–H and O–H groups in total. The van der Waals surface area contributed by atoms with Gasteiger partial charge in [0.25, 0.3) is 0 Å². The molecule has 0 saturated carbocycles. The van der Waals surface area contributed by atoms with Crippen molar-refractivity contribution in [2.75, 3.05) is 31.5 Å². The minimum Gasteiger partial charge on any atom is -0.480 e. The van der Waals surface area contributed by atoms with Gasteiger partial charge < -0.3 is 20.3 Å². The van der Waals surface area contributed by atoms with E-state index in [1.807, 2.05) is 30.9 Å². The molecule has 1 fully saturated rings. The third kappa shape index (κ3) is 3.95. The lowest BCUT2D eigenvalue weighted by Gasteiger charge is -2.36. The van der Waals surface area contributed by atoms with Crippen LogP contribution in [0.4, 0.5) is 5.69 Å². The van der Waals surface area contributed by atoms with E-state index in [4.69, 9.17) is 0 Å². The third-order valence-electron chi connectivity index (χ3n) is 4.90. The second-order valence-corrected chi connectivity index (χ2v) is 7.07. The van der Waals surface area contributed by atoms with Crippen molar-refractivity contribution in [2.24, 2.45) is 5.92 Å². The number of aromatic amines is 1. The van der Waals surface area contributed by atoms with E-state index in [0.29, 0.717) is 37.4 Å². The fourth-order valence-electron chi connectivity index (χ4n) is 3.33. The summed E-state index contributed by atoms with van der Waals surface area (Å²) in [6.45, 7) is 5.68. The van der Waals surface area contributed by atoms with Gasteiger partial charge in [-0.1, -0.05) is 19.9 Å². The standard InChI is InChI=1S/C19H24N4O4/c1-12(2)18(25)21-13-3-4-14-15(10-20-16(14)9-13)17(19(26)27)23-7-5-22(11-24)6-8-23/h3-4,9-12,17,20H,5-8H2,1-2H3,(H,21,25)(H,26,27)/t17-/m1/s1. The number of piperazine rings is 1. The Balaban J connectivity index is 1.87. The van der Waals surface area contributed by atoms with Gasteiger partial charge in [0.1, 0.15) is 6.04 Å². The Labute approximate surface area is 157 Å². The van der Waals surface area contributed by atoms with E-state index >= 15 is 0 Å². The van der Waals surface area contributed by atoms with Gasteiger partial charge >= 0.3 is 5.97 Å². The SMILES string of the molecule is CC(C)C(=O)Nc1ccc2c([C@H](C(=O)O)N3CCN(C=O)CC3)c[nH]c2c1. The molecule has 1 aliphatic heterocycles. The molecule has 0 bridgehead atoms. The van der Waals surface area contributed by atoms with Crippen LogP contribution in [-0.4, -0.2) is 64.4 Å². The third-order valence-corrected chi connectivity index (χ3v) is 4.90. The van der Waals surface area contributed by atoms with Crippen LogP contribution < -0.4 is 5.32 Å². The molecule has 1 atom stereocenters. The number of hydrogen-bond donors (Lipinski definition) is 3. The van der Waals surface area contributed by atoms with Crippen LogP contribution in [0.25, 0.3) is 10.9 Å². The molecule has 8 heteroatoms. The molecule has 144 valence electrons. The van der Waals surface area contributed by atoms with E-state index in [-0.39, 0.29) is 11.8 Å². The first-order valence-electron chi connectivity index (χ1n) is 8.98. The number of carbonyl (C=O) groups excluding carboxylic acids is 2. The summed E-state index contributed by atoms with van der Waals surface area (Å²) < 4.78 is 0. The second-order valence-electron chi connectivity index (χ2n) is 7.07. The predicted octanol–water partition coefficient (Wildman–Crippen LogP) is 1.66. The number of carbonyl (C=O) groups is 3. The van der Waals surface area contributed by atoms with Gasteiger partial charge in [-0.15, -0.1) is 0 Å². The van der Waals surface area contributed by atoms with Crippen molar-refractivity contribution in [3.63, 3.8) is 0 Å². The Kier molecular flexibility index (Phi) is 5.46. The Morgan fingerprint density at radius 3 is 2.52 bits per heavy atom. The van der Waals surface area contributed by atoms with Gasteiger partial charge in [-0.25, -0.2) is 0 Å². The quantitative estimate of drug-likeness (QED) is 0.669. The number of amides is 2. The lowest BCUT2D eigenvalue weighted by Crippen LogP contribution is -2.48. The molecule has 1 saturated heterocycles. The molecule has 2 amide bonds. The fraction of sp³-hybridized carbons (Fsp3) is 0.421. The number of nitrogens with zero attached hydrogens (tertiary/aromatic N) is 2. The highest BCUT2D eigenvalue weighted by molar-refractivity contribution is 5.96.